The van der Waals surface area contributed by atoms with Gasteiger partial charge in [0.2, 0.25) is 5.75 Å². The fraction of sp³-hybridized carbons (Fsp3) is 0.388. The third kappa shape index (κ3) is 8.19. The summed E-state index contributed by atoms with van der Waals surface area (Å²) in [6.45, 7) is 2.29. The number of benzene rings is 5. The number of methoxy groups -OCH3 is 5. The van der Waals surface area contributed by atoms with E-state index in [0.717, 1.165) is 83.0 Å². The van der Waals surface area contributed by atoms with E-state index in [1.54, 1.807) is 35.5 Å². The van der Waals surface area contributed by atoms with Crippen molar-refractivity contribution in [2.24, 2.45) is 0 Å². The van der Waals surface area contributed by atoms with E-state index in [0.29, 0.717) is 60.6 Å². The number of nitrogens with zero attached hydrogens (tertiary/aromatic N) is 2. The zero-order valence-electron chi connectivity index (χ0n) is 35.8. The number of hydrogen-bond donors (Lipinski definition) is 1. The van der Waals surface area contributed by atoms with Gasteiger partial charge < -0.3 is 43.0 Å². The van der Waals surface area contributed by atoms with E-state index in [4.69, 9.17) is 37.9 Å². The van der Waals surface area contributed by atoms with Crippen molar-refractivity contribution in [3.63, 3.8) is 0 Å². The Morgan fingerprint density at radius 3 is 2.08 bits per heavy atom. The van der Waals surface area contributed by atoms with Crippen LogP contribution in [0, 0.1) is 0 Å². The predicted molar refractivity (Wildman–Crippen MR) is 230 cm³/mol. The van der Waals surface area contributed by atoms with Gasteiger partial charge in [-0.05, 0) is 128 Å². The van der Waals surface area contributed by atoms with E-state index in [9.17, 15) is 5.11 Å². The maximum absolute atomic E-state index is 10.9. The van der Waals surface area contributed by atoms with Gasteiger partial charge in [0, 0.05) is 47.9 Å². The molecule has 60 heavy (non-hydrogen) atoms. The molecule has 0 aromatic heterocycles. The second kappa shape index (κ2) is 18.0. The molecule has 0 amide bonds. The number of fused-ring (bicyclic) bond motifs is 2. The predicted octanol–water partition coefficient (Wildman–Crippen LogP) is 8.42. The molecular weight excluding hydrogens is 761 g/mol. The van der Waals surface area contributed by atoms with Gasteiger partial charge in [-0.3, -0.25) is 9.80 Å². The van der Waals surface area contributed by atoms with Crippen molar-refractivity contribution in [2.45, 2.75) is 57.4 Å². The number of aliphatic hydroxyl groups excluding tert-OH is 1. The second-order valence-corrected chi connectivity index (χ2v) is 15.8. The topological polar surface area (TPSA) is 101 Å². The largest absolute Gasteiger partial charge is 0.497 e. The molecule has 0 saturated heterocycles. The molecular formula is C49H56N2O9. The molecule has 5 aromatic carbocycles. The molecule has 0 radical (unpaired) electrons. The molecule has 2 atom stereocenters. The molecule has 4 aliphatic rings. The third-order valence-electron chi connectivity index (χ3n) is 12.4. The number of rotatable bonds is 11. The SMILES string of the molecule is COc1cc(CCOCc2c3c4c(c(OC)c2OC)Oc2cc5c(cc2CO)CCN(C)[C@H]5Cc2ccc(cc2)Oc2cc(ccc2OC)C[C@@H]4N(C)CC3)cc(OC)c1. The van der Waals surface area contributed by atoms with Crippen LogP contribution in [0.1, 0.15) is 62.2 Å². The minimum Gasteiger partial charge on any atom is -0.497 e. The van der Waals surface area contributed by atoms with Gasteiger partial charge >= 0.3 is 0 Å². The number of aliphatic hydroxyl groups is 1. The van der Waals surface area contributed by atoms with E-state index < -0.39 is 0 Å². The summed E-state index contributed by atoms with van der Waals surface area (Å²) >= 11 is 0. The molecule has 4 heterocycles. The van der Waals surface area contributed by atoms with Crippen molar-refractivity contribution in [3.8, 4) is 51.7 Å². The van der Waals surface area contributed by atoms with E-state index in [1.807, 2.05) is 36.4 Å². The zero-order valence-corrected chi connectivity index (χ0v) is 35.8. The molecule has 0 spiro atoms. The summed E-state index contributed by atoms with van der Waals surface area (Å²) in [6.07, 6.45) is 3.70. The smallest absolute Gasteiger partial charge is 0.204 e. The summed E-state index contributed by atoms with van der Waals surface area (Å²) in [5.74, 6) is 5.74. The van der Waals surface area contributed by atoms with Gasteiger partial charge in [-0.25, -0.2) is 0 Å². The first-order chi connectivity index (χ1) is 29.2. The maximum Gasteiger partial charge on any atom is 0.204 e. The van der Waals surface area contributed by atoms with Crippen LogP contribution in [0.2, 0.25) is 0 Å². The first kappa shape index (κ1) is 41.3. The number of hydrogen-bond acceptors (Lipinski definition) is 11. The van der Waals surface area contributed by atoms with Crippen molar-refractivity contribution in [1.29, 1.82) is 0 Å². The molecule has 0 unspecified atom stereocenters. The Balaban J connectivity index is 1.28. The summed E-state index contributed by atoms with van der Waals surface area (Å²) in [6, 6.07) is 24.6. The summed E-state index contributed by atoms with van der Waals surface area (Å²) in [5.41, 5.74) is 9.47. The molecule has 0 saturated carbocycles. The van der Waals surface area contributed by atoms with Gasteiger partial charge in [0.25, 0.3) is 0 Å². The van der Waals surface area contributed by atoms with Crippen molar-refractivity contribution in [2.75, 3.05) is 69.3 Å². The zero-order chi connectivity index (χ0) is 41.9. The molecule has 0 fully saturated rings. The van der Waals surface area contributed by atoms with E-state index in [2.05, 4.69) is 60.3 Å². The van der Waals surface area contributed by atoms with Gasteiger partial charge in [0.05, 0.1) is 55.4 Å². The number of likely N-dealkylation sites (N-methyl/N-ethyl adjacent to an activating group) is 2. The lowest BCUT2D eigenvalue weighted by Gasteiger charge is -2.38. The molecule has 316 valence electrons. The van der Waals surface area contributed by atoms with Gasteiger partial charge in [-0.15, -0.1) is 0 Å². The van der Waals surface area contributed by atoms with Crippen LogP contribution >= 0.6 is 0 Å². The Morgan fingerprint density at radius 2 is 1.38 bits per heavy atom. The highest BCUT2D eigenvalue weighted by atomic mass is 16.5. The third-order valence-corrected chi connectivity index (χ3v) is 12.4. The molecule has 9 rings (SSSR count). The van der Waals surface area contributed by atoms with Gasteiger partial charge in [0.15, 0.2) is 23.0 Å². The first-order valence-electron chi connectivity index (χ1n) is 20.6. The minimum atomic E-state index is -0.171. The van der Waals surface area contributed by atoms with Crippen LogP contribution in [0.25, 0.3) is 0 Å². The van der Waals surface area contributed by atoms with E-state index >= 15 is 0 Å². The highest BCUT2D eigenvalue weighted by Crippen LogP contribution is 2.53. The second-order valence-electron chi connectivity index (χ2n) is 15.8. The lowest BCUT2D eigenvalue weighted by molar-refractivity contribution is 0.119. The van der Waals surface area contributed by atoms with Crippen LogP contribution in [0.3, 0.4) is 0 Å². The van der Waals surface area contributed by atoms with Crippen molar-refractivity contribution in [3.05, 3.63) is 123 Å². The fourth-order valence-electron chi connectivity index (χ4n) is 9.09. The average molecular weight is 817 g/mol. The average Bonchev–Trinajstić information content (AvgIpc) is 3.27. The minimum absolute atomic E-state index is 0.0908. The highest BCUT2D eigenvalue weighted by molar-refractivity contribution is 5.67. The molecule has 0 aliphatic carbocycles. The standard InChI is InChI=1S/C49H56N2O9/c1-50-17-14-33-25-34(28-52)44-27-39(33)41(50)22-30-8-11-35(12-9-30)59-45-24-31(10-13-43(45)55-5)23-42-46-38(15-18-51(42)2)40(47(56-6)49(57-7)48(46)60-44)29-58-19-16-32-20-36(53-3)26-37(21-32)54-4/h8-13,20-21,24-27,41-42,52H,14-19,22-23,28-29H2,1-7H3/t41-,42-/m0/s1. The summed E-state index contributed by atoms with van der Waals surface area (Å²) in [4.78, 5) is 4.77. The Hall–Kier alpha value is -5.46. The van der Waals surface area contributed by atoms with Crippen LogP contribution in [0.15, 0.2) is 72.8 Å². The van der Waals surface area contributed by atoms with Gasteiger partial charge in [-0.2, -0.15) is 0 Å². The van der Waals surface area contributed by atoms with Crippen LogP contribution in [-0.4, -0.2) is 84.2 Å². The van der Waals surface area contributed by atoms with Crippen molar-refractivity contribution >= 4 is 0 Å². The van der Waals surface area contributed by atoms with Gasteiger partial charge in [0.1, 0.15) is 23.0 Å². The van der Waals surface area contributed by atoms with Crippen LogP contribution < -0.4 is 33.2 Å². The summed E-state index contributed by atoms with van der Waals surface area (Å²) < 4.78 is 49.6. The van der Waals surface area contributed by atoms with E-state index in [-0.39, 0.29) is 18.7 Å². The highest BCUT2D eigenvalue weighted by Gasteiger charge is 2.37. The fourth-order valence-corrected chi connectivity index (χ4v) is 9.09. The van der Waals surface area contributed by atoms with Crippen LogP contribution in [-0.2, 0) is 50.1 Å². The lowest BCUT2D eigenvalue weighted by Crippen LogP contribution is -2.35. The molecule has 11 heteroatoms. The Morgan fingerprint density at radius 1 is 0.683 bits per heavy atom. The Kier molecular flexibility index (Phi) is 12.4. The molecule has 1 N–H and O–H groups in total. The van der Waals surface area contributed by atoms with E-state index in [1.165, 1.54) is 16.7 Å². The Labute approximate surface area is 353 Å². The van der Waals surface area contributed by atoms with Crippen LogP contribution in [0.4, 0.5) is 0 Å². The molecule has 11 nitrogen and oxygen atoms in total. The van der Waals surface area contributed by atoms with Crippen molar-refractivity contribution in [1.82, 2.24) is 9.80 Å². The van der Waals surface area contributed by atoms with Crippen molar-refractivity contribution < 1.29 is 43.0 Å². The first-order valence-corrected chi connectivity index (χ1v) is 20.6. The molecule has 6 bridgehead atoms. The summed E-state index contributed by atoms with van der Waals surface area (Å²) in [5, 5.41) is 10.9. The van der Waals surface area contributed by atoms with Crippen LogP contribution in [0.5, 0.6) is 51.7 Å². The maximum atomic E-state index is 10.9. The Bertz CT molecular complexity index is 2310. The quantitative estimate of drug-likeness (QED) is 0.130. The summed E-state index contributed by atoms with van der Waals surface area (Å²) in [7, 11) is 12.6. The number of ether oxygens (including phenoxy) is 8. The molecule has 4 aliphatic heterocycles. The normalized spacial score (nSPS) is 17.4. The monoisotopic (exact) mass is 816 g/mol. The lowest BCUT2D eigenvalue weighted by atomic mass is 9.84. The van der Waals surface area contributed by atoms with Gasteiger partial charge in [-0.1, -0.05) is 18.2 Å². The molecule has 5 aromatic rings.